The van der Waals surface area contributed by atoms with Gasteiger partial charge in [0.25, 0.3) is 0 Å². The van der Waals surface area contributed by atoms with Crippen LogP contribution in [-0.2, 0) is 4.74 Å². The number of likely N-dealkylation sites (N-methyl/N-ethyl adjacent to an activating group) is 1. The van der Waals surface area contributed by atoms with Crippen molar-refractivity contribution in [3.8, 4) is 0 Å². The molecule has 18 heavy (non-hydrogen) atoms. The molecular formula is C14H23ClN2O. The van der Waals surface area contributed by atoms with Crippen LogP contribution in [0.15, 0.2) is 24.3 Å². The minimum atomic E-state index is 0.0924. The third-order valence-corrected chi connectivity index (χ3v) is 3.42. The van der Waals surface area contributed by atoms with Gasteiger partial charge in [0, 0.05) is 30.8 Å². The number of rotatable bonds is 7. The predicted molar refractivity (Wildman–Crippen MR) is 77.0 cm³/mol. The molecule has 2 atom stereocenters. The zero-order valence-corrected chi connectivity index (χ0v) is 12.2. The average molecular weight is 271 g/mol. The van der Waals surface area contributed by atoms with Crippen molar-refractivity contribution in [3.05, 3.63) is 34.9 Å². The number of nitrogens with two attached hydrogens (primary N) is 1. The maximum absolute atomic E-state index is 5.89. The van der Waals surface area contributed by atoms with Crippen LogP contribution in [-0.4, -0.2) is 37.7 Å². The molecule has 102 valence electrons. The van der Waals surface area contributed by atoms with E-state index in [1.807, 2.05) is 19.1 Å². The molecule has 1 rings (SSSR count). The summed E-state index contributed by atoms with van der Waals surface area (Å²) < 4.78 is 5.58. The van der Waals surface area contributed by atoms with Crippen molar-refractivity contribution >= 4 is 11.6 Å². The second kappa shape index (κ2) is 7.74. The molecule has 2 N–H and O–H groups in total. The number of halogens is 1. The third-order valence-electron chi connectivity index (χ3n) is 3.17. The van der Waals surface area contributed by atoms with Crippen molar-refractivity contribution in [2.75, 3.05) is 26.7 Å². The highest BCUT2D eigenvalue weighted by atomic mass is 35.5. The van der Waals surface area contributed by atoms with Crippen molar-refractivity contribution in [1.82, 2.24) is 4.90 Å². The average Bonchev–Trinajstić information content (AvgIpc) is 2.38. The summed E-state index contributed by atoms with van der Waals surface area (Å²) in [6, 6.07) is 8.27. The van der Waals surface area contributed by atoms with Gasteiger partial charge in [0.15, 0.2) is 0 Å². The van der Waals surface area contributed by atoms with Gasteiger partial charge in [-0.3, -0.25) is 4.90 Å². The maximum Gasteiger partial charge on any atom is 0.0823 e. The Balaban J connectivity index is 2.59. The van der Waals surface area contributed by atoms with Crippen molar-refractivity contribution in [2.24, 2.45) is 5.73 Å². The second-order valence-corrected chi connectivity index (χ2v) is 4.92. The van der Waals surface area contributed by atoms with Gasteiger partial charge in [-0.1, -0.05) is 23.7 Å². The Labute approximate surface area is 115 Å². The highest BCUT2D eigenvalue weighted by Gasteiger charge is 2.16. The Bertz CT molecular complexity index is 342. The molecule has 0 aliphatic carbocycles. The van der Waals surface area contributed by atoms with E-state index in [4.69, 9.17) is 22.1 Å². The number of benzene rings is 1. The number of hydrogen-bond acceptors (Lipinski definition) is 3. The van der Waals surface area contributed by atoms with Crippen molar-refractivity contribution in [1.29, 1.82) is 0 Å². The van der Waals surface area contributed by atoms with Gasteiger partial charge in [-0.25, -0.2) is 0 Å². The highest BCUT2D eigenvalue weighted by Crippen LogP contribution is 2.21. The normalized spacial score (nSPS) is 14.8. The SMILES string of the molecule is CCOC(CN)CN(C)C(C)c1ccc(Cl)cc1. The molecule has 4 heteroatoms. The topological polar surface area (TPSA) is 38.5 Å². The molecule has 0 radical (unpaired) electrons. The molecule has 0 amide bonds. The highest BCUT2D eigenvalue weighted by molar-refractivity contribution is 6.30. The molecule has 1 aromatic rings. The molecule has 0 saturated heterocycles. The van der Waals surface area contributed by atoms with Crippen LogP contribution in [0, 0.1) is 0 Å². The summed E-state index contributed by atoms with van der Waals surface area (Å²) in [6.07, 6.45) is 0.0924. The Morgan fingerprint density at radius 3 is 2.44 bits per heavy atom. The number of hydrogen-bond donors (Lipinski definition) is 1. The molecule has 0 bridgehead atoms. The smallest absolute Gasteiger partial charge is 0.0823 e. The Kier molecular flexibility index (Phi) is 6.65. The van der Waals surface area contributed by atoms with Crippen LogP contribution in [0.5, 0.6) is 0 Å². The van der Waals surface area contributed by atoms with E-state index < -0.39 is 0 Å². The minimum Gasteiger partial charge on any atom is -0.376 e. The Morgan fingerprint density at radius 1 is 1.33 bits per heavy atom. The molecular weight excluding hydrogens is 248 g/mol. The van der Waals surface area contributed by atoms with Crippen LogP contribution in [0.2, 0.25) is 5.02 Å². The summed E-state index contributed by atoms with van der Waals surface area (Å²) in [5.41, 5.74) is 6.94. The minimum absolute atomic E-state index is 0.0924. The quantitative estimate of drug-likeness (QED) is 0.828. The number of nitrogens with zero attached hydrogens (tertiary/aromatic N) is 1. The fourth-order valence-electron chi connectivity index (χ4n) is 1.91. The lowest BCUT2D eigenvalue weighted by Gasteiger charge is -2.28. The van der Waals surface area contributed by atoms with Crippen LogP contribution in [0.25, 0.3) is 0 Å². The zero-order chi connectivity index (χ0) is 13.5. The van der Waals surface area contributed by atoms with Crippen LogP contribution in [0.4, 0.5) is 0 Å². The van der Waals surface area contributed by atoms with Gasteiger partial charge in [0.05, 0.1) is 6.10 Å². The molecule has 0 aromatic heterocycles. The molecule has 0 saturated carbocycles. The van der Waals surface area contributed by atoms with Gasteiger partial charge in [-0.15, -0.1) is 0 Å². The molecule has 0 heterocycles. The van der Waals surface area contributed by atoms with E-state index in [0.717, 1.165) is 11.6 Å². The van der Waals surface area contributed by atoms with E-state index in [1.54, 1.807) is 0 Å². The van der Waals surface area contributed by atoms with E-state index in [0.29, 0.717) is 19.2 Å². The zero-order valence-electron chi connectivity index (χ0n) is 11.4. The van der Waals surface area contributed by atoms with Crippen LogP contribution in [0.3, 0.4) is 0 Å². The van der Waals surface area contributed by atoms with Gasteiger partial charge < -0.3 is 10.5 Å². The van der Waals surface area contributed by atoms with Crippen molar-refractivity contribution < 1.29 is 4.74 Å². The summed E-state index contributed by atoms with van der Waals surface area (Å²) in [5, 5.41) is 0.766. The monoisotopic (exact) mass is 270 g/mol. The van der Waals surface area contributed by atoms with Crippen molar-refractivity contribution in [3.63, 3.8) is 0 Å². The van der Waals surface area contributed by atoms with Gasteiger partial charge >= 0.3 is 0 Å². The fourth-order valence-corrected chi connectivity index (χ4v) is 2.03. The fraction of sp³-hybridized carbons (Fsp3) is 0.571. The number of ether oxygens (including phenoxy) is 1. The van der Waals surface area contributed by atoms with Gasteiger partial charge in [-0.2, -0.15) is 0 Å². The van der Waals surface area contributed by atoms with E-state index in [1.165, 1.54) is 5.56 Å². The van der Waals surface area contributed by atoms with Crippen molar-refractivity contribution in [2.45, 2.75) is 26.0 Å². The molecule has 0 fully saturated rings. The molecule has 0 spiro atoms. The summed E-state index contributed by atoms with van der Waals surface area (Å²) in [7, 11) is 2.08. The summed E-state index contributed by atoms with van der Waals surface area (Å²) in [6.45, 7) is 6.23. The predicted octanol–water partition coefficient (Wildman–Crippen LogP) is 2.70. The summed E-state index contributed by atoms with van der Waals surface area (Å²) >= 11 is 5.89. The molecule has 0 aliphatic rings. The standard InChI is InChI=1S/C14H23ClN2O/c1-4-18-14(9-16)10-17(3)11(2)12-5-7-13(15)8-6-12/h5-8,11,14H,4,9-10,16H2,1-3H3. The van der Waals surface area contributed by atoms with E-state index in [2.05, 4.69) is 31.0 Å². The van der Waals surface area contributed by atoms with Gasteiger partial charge in [0.1, 0.15) is 0 Å². The molecule has 2 unspecified atom stereocenters. The lowest BCUT2D eigenvalue weighted by Crippen LogP contribution is -2.37. The van der Waals surface area contributed by atoms with Crippen LogP contribution in [0.1, 0.15) is 25.5 Å². The first-order valence-corrected chi connectivity index (χ1v) is 6.73. The Morgan fingerprint density at radius 2 is 1.94 bits per heavy atom. The lowest BCUT2D eigenvalue weighted by atomic mass is 10.1. The first-order valence-electron chi connectivity index (χ1n) is 6.35. The van der Waals surface area contributed by atoms with Gasteiger partial charge in [0.2, 0.25) is 0 Å². The van der Waals surface area contributed by atoms with E-state index in [9.17, 15) is 0 Å². The summed E-state index contributed by atoms with van der Waals surface area (Å²) in [5.74, 6) is 0. The van der Waals surface area contributed by atoms with E-state index in [-0.39, 0.29) is 6.10 Å². The summed E-state index contributed by atoms with van der Waals surface area (Å²) in [4.78, 5) is 2.25. The van der Waals surface area contributed by atoms with E-state index >= 15 is 0 Å². The molecule has 1 aromatic carbocycles. The van der Waals surface area contributed by atoms with Crippen LogP contribution < -0.4 is 5.73 Å². The van der Waals surface area contributed by atoms with Gasteiger partial charge in [-0.05, 0) is 38.6 Å². The molecule has 3 nitrogen and oxygen atoms in total. The third kappa shape index (κ3) is 4.58. The Hall–Kier alpha value is -0.610. The second-order valence-electron chi connectivity index (χ2n) is 4.48. The van der Waals surface area contributed by atoms with Crippen LogP contribution >= 0.6 is 11.6 Å². The first kappa shape index (κ1) is 15.4. The lowest BCUT2D eigenvalue weighted by molar-refractivity contribution is 0.0371. The molecule has 0 aliphatic heterocycles. The largest absolute Gasteiger partial charge is 0.376 e. The maximum atomic E-state index is 5.89. The first-order chi connectivity index (χ1) is 8.58.